The third-order valence-corrected chi connectivity index (χ3v) is 4.35. The van der Waals surface area contributed by atoms with Gasteiger partial charge >= 0.3 is 0 Å². The van der Waals surface area contributed by atoms with Gasteiger partial charge in [-0.05, 0) is 52.7 Å². The fourth-order valence-corrected chi connectivity index (χ4v) is 3.28. The quantitative estimate of drug-likeness (QED) is 0.479. The minimum Gasteiger partial charge on any atom is -0.398 e. The van der Waals surface area contributed by atoms with Crippen molar-refractivity contribution < 1.29 is 0 Å². The Bertz CT molecular complexity index is 920. The highest BCUT2D eigenvalue weighted by Gasteiger charge is 2.13. The van der Waals surface area contributed by atoms with E-state index in [0.29, 0.717) is 0 Å². The van der Waals surface area contributed by atoms with E-state index in [2.05, 4.69) is 79.4 Å². The molecule has 0 amide bonds. The number of benzene rings is 4. The minimum atomic E-state index is 0.832. The zero-order valence-corrected chi connectivity index (χ0v) is 14.1. The van der Waals surface area contributed by atoms with Crippen LogP contribution in [0.15, 0.2) is 72.8 Å². The van der Waals surface area contributed by atoms with Crippen molar-refractivity contribution in [3.8, 4) is 11.1 Å². The third-order valence-electron chi connectivity index (χ3n) is 4.35. The Hall–Kier alpha value is -2.84. The van der Waals surface area contributed by atoms with Crippen LogP contribution in [0, 0.1) is 6.92 Å². The molecule has 4 rings (SSSR count). The van der Waals surface area contributed by atoms with E-state index in [1.165, 1.54) is 39.7 Å². The van der Waals surface area contributed by atoms with Crippen LogP contribution >= 0.6 is 0 Å². The Kier molecular flexibility index (Phi) is 4.50. The van der Waals surface area contributed by atoms with Crippen LogP contribution < -0.4 is 11.5 Å². The van der Waals surface area contributed by atoms with Gasteiger partial charge in [0.1, 0.15) is 0 Å². The van der Waals surface area contributed by atoms with Crippen LogP contribution in [0.5, 0.6) is 0 Å². The first-order chi connectivity index (χ1) is 11.8. The summed E-state index contributed by atoms with van der Waals surface area (Å²) in [5, 5.41) is 4.93. The second kappa shape index (κ2) is 6.73. The first-order valence-corrected chi connectivity index (χ1v) is 8.09. The number of aryl methyl sites for hydroxylation is 1. The molecule has 0 unspecified atom stereocenters. The highest BCUT2D eigenvalue weighted by molar-refractivity contribution is 6.10. The fourth-order valence-electron chi connectivity index (χ4n) is 3.28. The Balaban J connectivity index is 0.000000815. The maximum absolute atomic E-state index is 6.38. The Labute approximate surface area is 142 Å². The summed E-state index contributed by atoms with van der Waals surface area (Å²) in [6.45, 7) is 2.16. The molecular weight excluding hydrogens is 292 g/mol. The summed E-state index contributed by atoms with van der Waals surface area (Å²) < 4.78 is 0. The summed E-state index contributed by atoms with van der Waals surface area (Å²) in [7, 11) is 1.50. The van der Waals surface area contributed by atoms with E-state index >= 15 is 0 Å². The fraction of sp³-hybridized carbons (Fsp3) is 0.0909. The summed E-state index contributed by atoms with van der Waals surface area (Å²) in [6, 6.07) is 25.4. The second-order valence-electron chi connectivity index (χ2n) is 5.73. The Morgan fingerprint density at radius 3 is 1.71 bits per heavy atom. The lowest BCUT2D eigenvalue weighted by atomic mass is 9.89. The summed E-state index contributed by atoms with van der Waals surface area (Å²) in [5.74, 6) is 0. The molecule has 0 aromatic heterocycles. The van der Waals surface area contributed by atoms with E-state index in [9.17, 15) is 0 Å². The van der Waals surface area contributed by atoms with Crippen LogP contribution in [0.1, 0.15) is 5.56 Å². The van der Waals surface area contributed by atoms with Crippen LogP contribution in [0.4, 0.5) is 5.69 Å². The molecule has 0 saturated carbocycles. The van der Waals surface area contributed by atoms with Crippen molar-refractivity contribution in [3.05, 3.63) is 78.4 Å². The van der Waals surface area contributed by atoms with E-state index in [-0.39, 0.29) is 0 Å². The number of nitrogens with two attached hydrogens (primary N) is 2. The average Bonchev–Trinajstić information content (AvgIpc) is 2.64. The molecule has 0 spiro atoms. The molecular formula is C22H22N2. The molecule has 2 heteroatoms. The van der Waals surface area contributed by atoms with Crippen molar-refractivity contribution in [2.24, 2.45) is 5.73 Å². The molecule has 4 N–H and O–H groups in total. The standard InChI is InChI=1S/C21H17N.CH5N/c1-14-10-11-15-6-2-4-8-17(15)20(14)21-18-9-5-3-7-16(18)12-13-19(21)22;1-2/h2-13H,22H2,1H3;2H2,1H3. The molecule has 0 bridgehead atoms. The maximum atomic E-state index is 6.38. The second-order valence-corrected chi connectivity index (χ2v) is 5.73. The van der Waals surface area contributed by atoms with Crippen molar-refractivity contribution in [1.82, 2.24) is 0 Å². The van der Waals surface area contributed by atoms with Gasteiger partial charge in [-0.25, -0.2) is 0 Å². The molecule has 0 aliphatic rings. The Morgan fingerprint density at radius 2 is 1.08 bits per heavy atom. The summed E-state index contributed by atoms with van der Waals surface area (Å²) in [6.07, 6.45) is 0. The average molecular weight is 314 g/mol. The highest BCUT2D eigenvalue weighted by atomic mass is 14.6. The van der Waals surface area contributed by atoms with Gasteiger partial charge < -0.3 is 11.5 Å². The van der Waals surface area contributed by atoms with E-state index in [1.807, 2.05) is 6.07 Å². The number of hydrogen-bond donors (Lipinski definition) is 2. The number of hydrogen-bond acceptors (Lipinski definition) is 2. The molecule has 2 nitrogen and oxygen atoms in total. The van der Waals surface area contributed by atoms with E-state index < -0.39 is 0 Å². The third kappa shape index (κ3) is 2.61. The molecule has 0 fully saturated rings. The summed E-state index contributed by atoms with van der Waals surface area (Å²) in [5.41, 5.74) is 15.4. The van der Waals surface area contributed by atoms with Crippen LogP contribution in [0.25, 0.3) is 32.7 Å². The molecule has 0 aliphatic carbocycles. The van der Waals surface area contributed by atoms with Gasteiger partial charge in [0.05, 0.1) is 0 Å². The van der Waals surface area contributed by atoms with Gasteiger partial charge in [0.25, 0.3) is 0 Å². The number of nitrogen functional groups attached to an aromatic ring is 1. The van der Waals surface area contributed by atoms with Crippen molar-refractivity contribution in [3.63, 3.8) is 0 Å². The minimum absolute atomic E-state index is 0.832. The topological polar surface area (TPSA) is 52.0 Å². The van der Waals surface area contributed by atoms with Gasteiger partial charge in [0.2, 0.25) is 0 Å². The normalized spacial score (nSPS) is 10.5. The summed E-state index contributed by atoms with van der Waals surface area (Å²) in [4.78, 5) is 0. The lowest BCUT2D eigenvalue weighted by Crippen LogP contribution is -1.94. The number of anilines is 1. The molecule has 0 atom stereocenters. The maximum Gasteiger partial charge on any atom is 0.0400 e. The van der Waals surface area contributed by atoms with Gasteiger partial charge in [-0.15, -0.1) is 0 Å². The van der Waals surface area contributed by atoms with Crippen molar-refractivity contribution in [2.75, 3.05) is 12.8 Å². The van der Waals surface area contributed by atoms with E-state index in [0.717, 1.165) is 11.3 Å². The molecule has 0 radical (unpaired) electrons. The molecule has 0 aliphatic heterocycles. The van der Waals surface area contributed by atoms with Crippen LogP contribution in [0.3, 0.4) is 0 Å². The van der Waals surface area contributed by atoms with Crippen molar-refractivity contribution >= 4 is 27.2 Å². The number of rotatable bonds is 1. The molecule has 120 valence electrons. The summed E-state index contributed by atoms with van der Waals surface area (Å²) >= 11 is 0. The number of fused-ring (bicyclic) bond motifs is 2. The van der Waals surface area contributed by atoms with Gasteiger partial charge in [-0.2, -0.15) is 0 Å². The molecule has 4 aromatic carbocycles. The largest absolute Gasteiger partial charge is 0.398 e. The predicted octanol–water partition coefficient (Wildman–Crippen LogP) is 5.13. The van der Waals surface area contributed by atoms with E-state index in [4.69, 9.17) is 5.73 Å². The van der Waals surface area contributed by atoms with Crippen molar-refractivity contribution in [1.29, 1.82) is 0 Å². The monoisotopic (exact) mass is 314 g/mol. The highest BCUT2D eigenvalue weighted by Crippen LogP contribution is 2.39. The van der Waals surface area contributed by atoms with E-state index in [1.54, 1.807) is 0 Å². The van der Waals surface area contributed by atoms with Crippen LogP contribution in [-0.2, 0) is 0 Å². The van der Waals surface area contributed by atoms with Crippen LogP contribution in [0.2, 0.25) is 0 Å². The first kappa shape index (κ1) is 16.0. The molecule has 0 heterocycles. The van der Waals surface area contributed by atoms with Gasteiger partial charge in [-0.3, -0.25) is 0 Å². The molecule has 0 saturated heterocycles. The van der Waals surface area contributed by atoms with Gasteiger partial charge in [0.15, 0.2) is 0 Å². The van der Waals surface area contributed by atoms with Gasteiger partial charge in [0, 0.05) is 11.3 Å². The lowest BCUT2D eigenvalue weighted by Gasteiger charge is -2.15. The first-order valence-electron chi connectivity index (χ1n) is 8.09. The zero-order chi connectivity index (χ0) is 17.1. The van der Waals surface area contributed by atoms with Crippen molar-refractivity contribution in [2.45, 2.75) is 6.92 Å². The zero-order valence-electron chi connectivity index (χ0n) is 14.1. The Morgan fingerprint density at radius 1 is 0.583 bits per heavy atom. The molecule has 4 aromatic rings. The molecule has 24 heavy (non-hydrogen) atoms. The van der Waals surface area contributed by atoms with Gasteiger partial charge in [-0.1, -0.05) is 66.7 Å². The smallest absolute Gasteiger partial charge is 0.0400 e. The predicted molar refractivity (Wildman–Crippen MR) is 106 cm³/mol. The SMILES string of the molecule is CN.Cc1ccc2ccccc2c1-c1c(N)ccc2ccccc12. The lowest BCUT2D eigenvalue weighted by molar-refractivity contribution is 1.48. The van der Waals surface area contributed by atoms with Crippen LogP contribution in [-0.4, -0.2) is 7.05 Å².